The van der Waals surface area contributed by atoms with Crippen LogP contribution in [0.1, 0.15) is 31.0 Å². The fraction of sp³-hybridized carbons (Fsp3) is 0.267. The molecule has 4 nitrogen and oxygen atoms in total. The lowest BCUT2D eigenvalue weighted by molar-refractivity contribution is 0.297. The molecule has 0 spiro atoms. The van der Waals surface area contributed by atoms with Gasteiger partial charge in [-0.1, -0.05) is 38.1 Å². The van der Waals surface area contributed by atoms with Crippen LogP contribution in [0.4, 0.5) is 5.82 Å². The van der Waals surface area contributed by atoms with Crippen LogP contribution in [0.25, 0.3) is 0 Å². The molecule has 1 aromatic heterocycles. The molecule has 0 atom stereocenters. The molecule has 1 aromatic carbocycles. The van der Waals surface area contributed by atoms with E-state index in [1.807, 2.05) is 36.4 Å². The topological polar surface area (TPSA) is 60.2 Å². The number of anilines is 1. The van der Waals surface area contributed by atoms with Crippen molar-refractivity contribution in [2.24, 2.45) is 5.84 Å². The molecule has 2 aromatic rings. The standard InChI is InChI=1S/C15H19N3O/c1-11(2)13-7-3-4-8-14(13)19-10-12-6-5-9-15(17-12)18-16/h3-9,11H,10,16H2,1-2H3,(H,17,18). The van der Waals surface area contributed by atoms with Crippen LogP contribution in [0.15, 0.2) is 42.5 Å². The first-order chi connectivity index (χ1) is 9.20. The molecule has 2 rings (SSSR count). The summed E-state index contributed by atoms with van der Waals surface area (Å²) in [7, 11) is 0. The van der Waals surface area contributed by atoms with Gasteiger partial charge in [0.2, 0.25) is 0 Å². The lowest BCUT2D eigenvalue weighted by Crippen LogP contribution is -2.10. The normalized spacial score (nSPS) is 10.5. The molecule has 0 aliphatic rings. The van der Waals surface area contributed by atoms with E-state index in [0.29, 0.717) is 18.3 Å². The van der Waals surface area contributed by atoms with Gasteiger partial charge >= 0.3 is 0 Å². The SMILES string of the molecule is CC(C)c1ccccc1OCc1cccc(NN)n1. The molecule has 0 aliphatic carbocycles. The number of nitrogens with two attached hydrogens (primary N) is 1. The first-order valence-electron chi connectivity index (χ1n) is 6.35. The maximum Gasteiger partial charge on any atom is 0.140 e. The Hall–Kier alpha value is -2.07. The fourth-order valence-electron chi connectivity index (χ4n) is 1.88. The summed E-state index contributed by atoms with van der Waals surface area (Å²) in [4.78, 5) is 4.32. The molecule has 0 bridgehead atoms. The van der Waals surface area contributed by atoms with E-state index in [-0.39, 0.29) is 0 Å². The van der Waals surface area contributed by atoms with Crippen molar-refractivity contribution in [3.8, 4) is 5.75 Å². The Kier molecular flexibility index (Phi) is 4.36. The molecule has 0 saturated carbocycles. The molecule has 0 fully saturated rings. The lowest BCUT2D eigenvalue weighted by atomic mass is 10.0. The quantitative estimate of drug-likeness (QED) is 0.638. The number of nitrogens with zero attached hydrogens (tertiary/aromatic N) is 1. The number of benzene rings is 1. The Morgan fingerprint density at radius 3 is 2.68 bits per heavy atom. The highest BCUT2D eigenvalue weighted by Gasteiger charge is 2.07. The third-order valence-electron chi connectivity index (χ3n) is 2.87. The van der Waals surface area contributed by atoms with Gasteiger partial charge in [0.05, 0.1) is 5.69 Å². The number of nitrogens with one attached hydrogen (secondary N) is 1. The molecule has 0 saturated heterocycles. The van der Waals surface area contributed by atoms with Gasteiger partial charge in [0.15, 0.2) is 0 Å². The summed E-state index contributed by atoms with van der Waals surface area (Å²) in [5, 5.41) is 0. The average Bonchev–Trinajstić information content (AvgIpc) is 2.45. The molecule has 0 amide bonds. The van der Waals surface area contributed by atoms with Gasteiger partial charge in [-0.2, -0.15) is 0 Å². The number of rotatable bonds is 5. The van der Waals surface area contributed by atoms with Gasteiger partial charge in [-0.25, -0.2) is 10.8 Å². The number of aromatic nitrogens is 1. The number of para-hydroxylation sites is 1. The number of pyridine rings is 1. The molecule has 0 radical (unpaired) electrons. The highest BCUT2D eigenvalue weighted by molar-refractivity contribution is 5.36. The van der Waals surface area contributed by atoms with Crippen molar-refractivity contribution >= 4 is 5.82 Å². The van der Waals surface area contributed by atoms with Crippen molar-refractivity contribution in [2.75, 3.05) is 5.43 Å². The number of hydrogen-bond donors (Lipinski definition) is 2. The fourth-order valence-corrected chi connectivity index (χ4v) is 1.88. The summed E-state index contributed by atoms with van der Waals surface area (Å²) in [6.07, 6.45) is 0. The maximum atomic E-state index is 5.85. The molecule has 100 valence electrons. The lowest BCUT2D eigenvalue weighted by Gasteiger charge is -2.13. The van der Waals surface area contributed by atoms with Gasteiger partial charge in [0.25, 0.3) is 0 Å². The number of nitrogen functional groups attached to an aromatic ring is 1. The maximum absolute atomic E-state index is 5.85. The van der Waals surface area contributed by atoms with Crippen molar-refractivity contribution in [3.63, 3.8) is 0 Å². The van der Waals surface area contributed by atoms with Gasteiger partial charge < -0.3 is 10.2 Å². The Morgan fingerprint density at radius 1 is 1.16 bits per heavy atom. The number of hydrogen-bond acceptors (Lipinski definition) is 4. The number of ether oxygens (including phenoxy) is 1. The van der Waals surface area contributed by atoms with Crippen molar-refractivity contribution in [1.29, 1.82) is 0 Å². The van der Waals surface area contributed by atoms with E-state index < -0.39 is 0 Å². The van der Waals surface area contributed by atoms with Crippen molar-refractivity contribution in [3.05, 3.63) is 53.7 Å². The Bertz CT molecular complexity index is 540. The van der Waals surface area contributed by atoms with Crippen molar-refractivity contribution in [2.45, 2.75) is 26.4 Å². The van der Waals surface area contributed by atoms with E-state index >= 15 is 0 Å². The van der Waals surface area contributed by atoms with Gasteiger partial charge in [0, 0.05) is 0 Å². The predicted molar refractivity (Wildman–Crippen MR) is 76.9 cm³/mol. The van der Waals surface area contributed by atoms with Crippen LogP contribution in [0.3, 0.4) is 0 Å². The second-order valence-corrected chi connectivity index (χ2v) is 4.64. The van der Waals surface area contributed by atoms with Crippen LogP contribution < -0.4 is 16.0 Å². The Balaban J connectivity index is 2.10. The molecule has 0 unspecified atom stereocenters. The minimum Gasteiger partial charge on any atom is -0.487 e. The second kappa shape index (κ2) is 6.20. The summed E-state index contributed by atoms with van der Waals surface area (Å²) < 4.78 is 5.85. The Labute approximate surface area is 113 Å². The predicted octanol–water partition coefficient (Wildman–Crippen LogP) is 3.07. The molecular formula is C15H19N3O. The molecule has 1 heterocycles. The highest BCUT2D eigenvalue weighted by atomic mass is 16.5. The zero-order valence-electron chi connectivity index (χ0n) is 11.3. The summed E-state index contributed by atoms with van der Waals surface area (Å²) in [5.74, 6) is 7.31. The van der Waals surface area contributed by atoms with E-state index in [9.17, 15) is 0 Å². The Morgan fingerprint density at radius 2 is 1.95 bits per heavy atom. The van der Waals surface area contributed by atoms with Crippen LogP contribution in [0.5, 0.6) is 5.75 Å². The third kappa shape index (κ3) is 3.45. The van der Waals surface area contributed by atoms with E-state index in [2.05, 4.69) is 30.3 Å². The largest absolute Gasteiger partial charge is 0.487 e. The van der Waals surface area contributed by atoms with Crippen LogP contribution in [-0.2, 0) is 6.61 Å². The van der Waals surface area contributed by atoms with Crippen LogP contribution in [0, 0.1) is 0 Å². The van der Waals surface area contributed by atoms with Gasteiger partial charge in [-0.15, -0.1) is 0 Å². The van der Waals surface area contributed by atoms with Crippen molar-refractivity contribution < 1.29 is 4.74 Å². The van der Waals surface area contributed by atoms with E-state index in [1.54, 1.807) is 0 Å². The minimum absolute atomic E-state index is 0.430. The molecule has 0 aliphatic heterocycles. The highest BCUT2D eigenvalue weighted by Crippen LogP contribution is 2.26. The molecule has 4 heteroatoms. The van der Waals surface area contributed by atoms with Gasteiger partial charge in [0.1, 0.15) is 18.2 Å². The summed E-state index contributed by atoms with van der Waals surface area (Å²) in [5.41, 5.74) is 4.57. The first kappa shape index (κ1) is 13.4. The zero-order chi connectivity index (χ0) is 13.7. The summed E-state index contributed by atoms with van der Waals surface area (Å²) in [6, 6.07) is 13.7. The summed E-state index contributed by atoms with van der Waals surface area (Å²) >= 11 is 0. The van der Waals surface area contributed by atoms with Crippen LogP contribution >= 0.6 is 0 Å². The van der Waals surface area contributed by atoms with Crippen LogP contribution in [0.2, 0.25) is 0 Å². The van der Waals surface area contributed by atoms with Gasteiger partial charge in [-0.3, -0.25) is 0 Å². The smallest absolute Gasteiger partial charge is 0.140 e. The van der Waals surface area contributed by atoms with E-state index in [0.717, 1.165) is 11.4 Å². The van der Waals surface area contributed by atoms with Crippen molar-refractivity contribution in [1.82, 2.24) is 4.98 Å². The molecule has 3 N–H and O–H groups in total. The first-order valence-corrected chi connectivity index (χ1v) is 6.35. The monoisotopic (exact) mass is 257 g/mol. The second-order valence-electron chi connectivity index (χ2n) is 4.64. The molecular weight excluding hydrogens is 238 g/mol. The molecule has 19 heavy (non-hydrogen) atoms. The minimum atomic E-state index is 0.430. The average molecular weight is 257 g/mol. The zero-order valence-corrected chi connectivity index (χ0v) is 11.3. The third-order valence-corrected chi connectivity index (χ3v) is 2.87. The van der Waals surface area contributed by atoms with E-state index in [4.69, 9.17) is 10.6 Å². The van der Waals surface area contributed by atoms with E-state index in [1.165, 1.54) is 5.56 Å². The van der Waals surface area contributed by atoms with Crippen LogP contribution in [-0.4, -0.2) is 4.98 Å². The number of hydrazine groups is 1. The summed E-state index contributed by atoms with van der Waals surface area (Å²) in [6.45, 7) is 4.73. The van der Waals surface area contributed by atoms with Gasteiger partial charge in [-0.05, 0) is 29.7 Å².